The fourth-order valence-corrected chi connectivity index (χ4v) is 1.95. The SMILES string of the molecule is C/C(CN(C)C(=O)c1cc(C)cc(Cl)c1)=N\OCF. The second-order valence-electron chi connectivity index (χ2n) is 4.24. The molecule has 0 heterocycles. The zero-order chi connectivity index (χ0) is 14.4. The number of aryl methyl sites for hydroxylation is 1. The normalized spacial score (nSPS) is 11.3. The monoisotopic (exact) mass is 286 g/mol. The molecule has 104 valence electrons. The van der Waals surface area contributed by atoms with Crippen LogP contribution in [0.1, 0.15) is 22.8 Å². The maximum absolute atomic E-state index is 12.2. The molecule has 0 aliphatic rings. The standard InChI is InChI=1S/C13H16ClFN2O2/c1-9-4-11(6-12(14)5-9)13(18)17(3)7-10(2)16-19-8-15/h4-6H,7-8H2,1-3H3/b16-10+. The number of carbonyl (C=O) groups is 1. The van der Waals surface area contributed by atoms with Crippen LogP contribution in [0.25, 0.3) is 0 Å². The van der Waals surface area contributed by atoms with Gasteiger partial charge in [-0.25, -0.2) is 4.39 Å². The quantitative estimate of drug-likeness (QED) is 0.617. The summed E-state index contributed by atoms with van der Waals surface area (Å²) in [6.07, 6.45) is 0. The number of hydrogen-bond acceptors (Lipinski definition) is 3. The lowest BCUT2D eigenvalue weighted by Gasteiger charge is -2.17. The van der Waals surface area contributed by atoms with Gasteiger partial charge in [-0.2, -0.15) is 0 Å². The first-order valence-electron chi connectivity index (χ1n) is 5.68. The first-order chi connectivity index (χ1) is 8.93. The number of halogens is 2. The highest BCUT2D eigenvalue weighted by molar-refractivity contribution is 6.31. The van der Waals surface area contributed by atoms with Gasteiger partial charge in [0.25, 0.3) is 12.8 Å². The van der Waals surface area contributed by atoms with Gasteiger partial charge in [0.2, 0.25) is 0 Å². The summed E-state index contributed by atoms with van der Waals surface area (Å²) in [6.45, 7) is 2.79. The maximum atomic E-state index is 12.2. The van der Waals surface area contributed by atoms with E-state index in [1.807, 2.05) is 6.92 Å². The first-order valence-corrected chi connectivity index (χ1v) is 6.06. The number of hydrogen-bond donors (Lipinski definition) is 0. The van der Waals surface area contributed by atoms with E-state index in [0.29, 0.717) is 16.3 Å². The second kappa shape index (κ2) is 7.09. The molecule has 0 spiro atoms. The van der Waals surface area contributed by atoms with E-state index in [1.165, 1.54) is 4.90 Å². The fourth-order valence-electron chi connectivity index (χ4n) is 1.66. The van der Waals surface area contributed by atoms with Crippen LogP contribution in [-0.2, 0) is 4.84 Å². The Morgan fingerprint density at radius 2 is 2.16 bits per heavy atom. The number of amides is 1. The molecule has 0 saturated heterocycles. The molecule has 1 amide bonds. The largest absolute Gasteiger partial charge is 0.362 e. The Labute approximate surface area is 116 Å². The summed E-state index contributed by atoms with van der Waals surface area (Å²) < 4.78 is 11.8. The van der Waals surface area contributed by atoms with Crippen LogP contribution >= 0.6 is 11.6 Å². The molecule has 0 bridgehead atoms. The van der Waals surface area contributed by atoms with E-state index >= 15 is 0 Å². The van der Waals surface area contributed by atoms with Crippen LogP contribution in [0, 0.1) is 6.92 Å². The lowest BCUT2D eigenvalue weighted by molar-refractivity contribution is 0.0622. The Kier molecular flexibility index (Phi) is 5.76. The first kappa shape index (κ1) is 15.4. The summed E-state index contributed by atoms with van der Waals surface area (Å²) in [5.41, 5.74) is 1.93. The van der Waals surface area contributed by atoms with Crippen LogP contribution in [0.4, 0.5) is 4.39 Å². The molecular formula is C13H16ClFN2O2. The van der Waals surface area contributed by atoms with Gasteiger partial charge in [0.05, 0.1) is 12.3 Å². The minimum absolute atomic E-state index is 0.180. The van der Waals surface area contributed by atoms with Gasteiger partial charge in [0, 0.05) is 17.6 Å². The van der Waals surface area contributed by atoms with Crippen LogP contribution in [0.15, 0.2) is 23.4 Å². The third-order valence-electron chi connectivity index (χ3n) is 2.37. The Balaban J connectivity index is 2.76. The molecule has 1 aromatic carbocycles. The lowest BCUT2D eigenvalue weighted by Crippen LogP contribution is -2.31. The minimum atomic E-state index is -0.984. The van der Waals surface area contributed by atoms with Crippen molar-refractivity contribution in [2.24, 2.45) is 5.16 Å². The molecule has 0 aliphatic heterocycles. The highest BCUT2D eigenvalue weighted by atomic mass is 35.5. The Morgan fingerprint density at radius 3 is 2.74 bits per heavy atom. The molecule has 0 N–H and O–H groups in total. The van der Waals surface area contributed by atoms with Crippen LogP contribution in [0.5, 0.6) is 0 Å². The molecular weight excluding hydrogens is 271 g/mol. The lowest BCUT2D eigenvalue weighted by atomic mass is 10.1. The molecule has 4 nitrogen and oxygen atoms in total. The number of alkyl halides is 1. The highest BCUT2D eigenvalue weighted by Crippen LogP contribution is 2.15. The van der Waals surface area contributed by atoms with Crippen molar-refractivity contribution < 1.29 is 14.0 Å². The van der Waals surface area contributed by atoms with E-state index in [-0.39, 0.29) is 12.5 Å². The fraction of sp³-hybridized carbons (Fsp3) is 0.385. The van der Waals surface area contributed by atoms with Crippen molar-refractivity contribution in [1.29, 1.82) is 0 Å². The maximum Gasteiger partial charge on any atom is 0.255 e. The van der Waals surface area contributed by atoms with Gasteiger partial charge in [0.15, 0.2) is 0 Å². The molecule has 19 heavy (non-hydrogen) atoms. The molecule has 0 aliphatic carbocycles. The van der Waals surface area contributed by atoms with E-state index in [4.69, 9.17) is 11.6 Å². The van der Waals surface area contributed by atoms with Crippen LogP contribution in [0.3, 0.4) is 0 Å². The van der Waals surface area contributed by atoms with E-state index < -0.39 is 6.86 Å². The van der Waals surface area contributed by atoms with E-state index in [0.717, 1.165) is 5.56 Å². The van der Waals surface area contributed by atoms with Gasteiger partial charge >= 0.3 is 0 Å². The summed E-state index contributed by atoms with van der Waals surface area (Å²) in [7, 11) is 1.63. The zero-order valence-electron chi connectivity index (χ0n) is 11.1. The summed E-state index contributed by atoms with van der Waals surface area (Å²) in [5.74, 6) is -0.180. The summed E-state index contributed by atoms with van der Waals surface area (Å²) in [5, 5.41) is 4.03. The predicted molar refractivity (Wildman–Crippen MR) is 73.3 cm³/mol. The smallest absolute Gasteiger partial charge is 0.255 e. The van der Waals surface area contributed by atoms with E-state index in [9.17, 15) is 9.18 Å². The minimum Gasteiger partial charge on any atom is -0.362 e. The van der Waals surface area contributed by atoms with Gasteiger partial charge in [-0.15, -0.1) is 0 Å². The average molecular weight is 287 g/mol. The van der Waals surface area contributed by atoms with Gasteiger partial charge in [-0.1, -0.05) is 16.8 Å². The molecule has 1 rings (SSSR count). The molecule has 0 atom stereocenters. The molecule has 0 unspecified atom stereocenters. The van der Waals surface area contributed by atoms with Gasteiger partial charge in [-0.05, 0) is 37.6 Å². The average Bonchev–Trinajstić information content (AvgIpc) is 2.34. The number of oxime groups is 1. The molecule has 1 aromatic rings. The number of benzene rings is 1. The summed E-state index contributed by atoms with van der Waals surface area (Å²) in [4.78, 5) is 17.9. The van der Waals surface area contributed by atoms with Crippen molar-refractivity contribution in [1.82, 2.24) is 4.90 Å². The third kappa shape index (κ3) is 4.87. The van der Waals surface area contributed by atoms with Crippen molar-refractivity contribution in [2.45, 2.75) is 13.8 Å². The topological polar surface area (TPSA) is 41.9 Å². The van der Waals surface area contributed by atoms with Crippen LogP contribution < -0.4 is 0 Å². The van der Waals surface area contributed by atoms with Gasteiger partial charge in [0.1, 0.15) is 0 Å². The van der Waals surface area contributed by atoms with Crippen molar-refractivity contribution in [3.63, 3.8) is 0 Å². The number of nitrogens with zero attached hydrogens (tertiary/aromatic N) is 2. The molecule has 0 fully saturated rings. The van der Waals surface area contributed by atoms with Crippen LogP contribution in [0.2, 0.25) is 5.02 Å². The van der Waals surface area contributed by atoms with Crippen molar-refractivity contribution >= 4 is 23.2 Å². The zero-order valence-corrected chi connectivity index (χ0v) is 11.9. The predicted octanol–water partition coefficient (Wildman–Crippen LogP) is 3.04. The van der Waals surface area contributed by atoms with Crippen LogP contribution in [-0.4, -0.2) is 37.0 Å². The molecule has 0 aromatic heterocycles. The van der Waals surface area contributed by atoms with Gasteiger partial charge < -0.3 is 9.74 Å². The summed E-state index contributed by atoms with van der Waals surface area (Å²) >= 11 is 5.92. The summed E-state index contributed by atoms with van der Waals surface area (Å²) in [6, 6.07) is 5.15. The van der Waals surface area contributed by atoms with Crippen molar-refractivity contribution in [3.8, 4) is 0 Å². The molecule has 0 radical (unpaired) electrons. The molecule has 6 heteroatoms. The Hall–Kier alpha value is -1.62. The third-order valence-corrected chi connectivity index (χ3v) is 2.59. The van der Waals surface area contributed by atoms with Gasteiger partial charge in [-0.3, -0.25) is 4.79 Å². The van der Waals surface area contributed by atoms with E-state index in [2.05, 4.69) is 9.99 Å². The Morgan fingerprint density at radius 1 is 1.47 bits per heavy atom. The second-order valence-corrected chi connectivity index (χ2v) is 4.68. The number of carbonyl (C=O) groups excluding carboxylic acids is 1. The van der Waals surface area contributed by atoms with E-state index in [1.54, 1.807) is 32.2 Å². The Bertz CT molecular complexity index is 471. The van der Waals surface area contributed by atoms with Crippen molar-refractivity contribution in [2.75, 3.05) is 20.5 Å². The highest BCUT2D eigenvalue weighted by Gasteiger charge is 2.13. The molecule has 0 saturated carbocycles. The number of rotatable bonds is 5. The van der Waals surface area contributed by atoms with Crippen molar-refractivity contribution in [3.05, 3.63) is 34.3 Å².